The lowest BCUT2D eigenvalue weighted by Gasteiger charge is -2.37. The van der Waals surface area contributed by atoms with E-state index in [0.29, 0.717) is 36.3 Å². The monoisotopic (exact) mass is 511 g/mol. The van der Waals surface area contributed by atoms with Crippen molar-refractivity contribution in [2.24, 2.45) is 5.73 Å². The van der Waals surface area contributed by atoms with E-state index in [4.69, 9.17) is 10.5 Å². The molecule has 2 aliphatic heterocycles. The molecule has 0 unspecified atom stereocenters. The molecule has 0 radical (unpaired) electrons. The Balaban J connectivity index is 1.33. The number of nitrogens with zero attached hydrogens (tertiary/aromatic N) is 4. The molecule has 0 saturated carbocycles. The number of fused-ring (bicyclic) bond motifs is 1. The van der Waals surface area contributed by atoms with Crippen molar-refractivity contribution >= 4 is 34.3 Å². The molecule has 11 heteroatoms. The Morgan fingerprint density at radius 2 is 1.97 bits per heavy atom. The summed E-state index contributed by atoms with van der Waals surface area (Å²) in [5.41, 5.74) is 5.94. The largest absolute Gasteiger partial charge is 0.494 e. The number of amides is 1. The van der Waals surface area contributed by atoms with Crippen molar-refractivity contribution in [2.75, 3.05) is 62.9 Å². The zero-order valence-electron chi connectivity index (χ0n) is 19.9. The Labute approximate surface area is 207 Å². The molecule has 1 aromatic carbocycles. The number of ether oxygens (including phenoxy) is 1. The topological polar surface area (TPSA) is 74.9 Å². The van der Waals surface area contributed by atoms with Gasteiger partial charge in [0.05, 0.1) is 19.0 Å². The minimum Gasteiger partial charge on any atom is -0.494 e. The molecule has 2 aliphatic rings. The van der Waals surface area contributed by atoms with E-state index >= 15 is 0 Å². The predicted octanol–water partition coefficient (Wildman–Crippen LogP) is 3.41. The molecule has 192 valence electrons. The number of rotatable bonds is 8. The second-order valence-corrected chi connectivity index (χ2v) is 10.0. The number of carbonyl (C=O) groups excluding carboxylic acids is 1. The Kier molecular flexibility index (Phi) is 8.28. The van der Waals surface area contributed by atoms with Crippen molar-refractivity contribution in [1.82, 2.24) is 14.8 Å². The van der Waals surface area contributed by atoms with Crippen LogP contribution in [0.15, 0.2) is 24.3 Å². The first-order valence-corrected chi connectivity index (χ1v) is 13.1. The summed E-state index contributed by atoms with van der Waals surface area (Å²) >= 11 is 1.75. The van der Waals surface area contributed by atoms with E-state index in [9.17, 15) is 18.0 Å². The minimum atomic E-state index is -4.54. The van der Waals surface area contributed by atoms with Crippen molar-refractivity contribution in [1.29, 1.82) is 0 Å². The molecule has 2 fully saturated rings. The molecule has 4 rings (SSSR count). The highest BCUT2D eigenvalue weighted by atomic mass is 32.2. The van der Waals surface area contributed by atoms with Gasteiger partial charge in [-0.1, -0.05) is 18.6 Å². The molecule has 7 nitrogen and oxygen atoms in total. The first-order chi connectivity index (χ1) is 16.8. The summed E-state index contributed by atoms with van der Waals surface area (Å²) in [6, 6.07) is 5.90. The van der Waals surface area contributed by atoms with Gasteiger partial charge in [0.1, 0.15) is 17.0 Å². The fourth-order valence-corrected chi connectivity index (χ4v) is 5.59. The number of aromatic nitrogens is 1. The van der Waals surface area contributed by atoms with Gasteiger partial charge in [0, 0.05) is 49.6 Å². The number of alkyl halides is 3. The van der Waals surface area contributed by atoms with Gasteiger partial charge in [-0.05, 0) is 31.5 Å². The van der Waals surface area contributed by atoms with Crippen LogP contribution in [0.3, 0.4) is 0 Å². The van der Waals surface area contributed by atoms with Gasteiger partial charge in [-0.25, -0.2) is 4.98 Å². The molecule has 0 spiro atoms. The maximum absolute atomic E-state index is 13.6. The molecule has 0 bridgehead atoms. The van der Waals surface area contributed by atoms with Crippen LogP contribution in [0.4, 0.5) is 18.9 Å². The van der Waals surface area contributed by atoms with E-state index in [0.717, 1.165) is 56.7 Å². The van der Waals surface area contributed by atoms with Crippen molar-refractivity contribution < 1.29 is 22.7 Å². The van der Waals surface area contributed by atoms with Crippen LogP contribution >= 0.6 is 11.8 Å². The van der Waals surface area contributed by atoms with E-state index in [-0.39, 0.29) is 11.4 Å². The van der Waals surface area contributed by atoms with E-state index in [1.54, 1.807) is 30.0 Å². The molecule has 0 aliphatic carbocycles. The fraction of sp³-hybridized carbons (Fsp3) is 0.583. The normalized spacial score (nSPS) is 18.3. The fourth-order valence-electron chi connectivity index (χ4n) is 4.63. The van der Waals surface area contributed by atoms with Crippen molar-refractivity contribution in [2.45, 2.75) is 31.5 Å². The average Bonchev–Trinajstić information content (AvgIpc) is 3.40. The quantitative estimate of drug-likeness (QED) is 0.545. The predicted molar refractivity (Wildman–Crippen MR) is 133 cm³/mol. The number of benzene rings is 1. The summed E-state index contributed by atoms with van der Waals surface area (Å²) in [5.74, 6) is 2.09. The van der Waals surface area contributed by atoms with Crippen LogP contribution in [0.5, 0.6) is 5.75 Å². The van der Waals surface area contributed by atoms with Crippen LogP contribution in [-0.2, 0) is 11.0 Å². The Morgan fingerprint density at radius 1 is 1.20 bits per heavy atom. The van der Waals surface area contributed by atoms with Gasteiger partial charge >= 0.3 is 6.18 Å². The lowest BCUT2D eigenvalue weighted by Crippen LogP contribution is -2.47. The van der Waals surface area contributed by atoms with Gasteiger partial charge in [-0.3, -0.25) is 9.69 Å². The SMILES string of the molecule is COc1cccc2c(N3CCN(CCCC[C@H](N)C(=O)N4CCSC4)CC3)cc(C(F)(F)F)nc12. The van der Waals surface area contributed by atoms with E-state index in [1.165, 1.54) is 7.11 Å². The number of pyridine rings is 1. The molecule has 2 saturated heterocycles. The number of piperazine rings is 1. The van der Waals surface area contributed by atoms with Crippen molar-refractivity contribution in [3.05, 3.63) is 30.0 Å². The van der Waals surface area contributed by atoms with Gasteiger partial charge in [0.25, 0.3) is 0 Å². The third kappa shape index (κ3) is 6.13. The third-order valence-corrected chi connectivity index (χ3v) is 7.59. The third-order valence-electron chi connectivity index (χ3n) is 6.62. The van der Waals surface area contributed by atoms with E-state index in [2.05, 4.69) is 9.88 Å². The molecule has 1 aromatic heterocycles. The summed E-state index contributed by atoms with van der Waals surface area (Å²) in [5, 5.41) is 0.654. The highest BCUT2D eigenvalue weighted by molar-refractivity contribution is 7.99. The van der Waals surface area contributed by atoms with Gasteiger partial charge in [-0.2, -0.15) is 13.2 Å². The lowest BCUT2D eigenvalue weighted by atomic mass is 10.1. The van der Waals surface area contributed by atoms with Crippen molar-refractivity contribution in [3.8, 4) is 5.75 Å². The second-order valence-electron chi connectivity index (χ2n) is 8.95. The summed E-state index contributed by atoms with van der Waals surface area (Å²) in [7, 11) is 1.43. The van der Waals surface area contributed by atoms with Crippen LogP contribution < -0.4 is 15.4 Å². The number of carbonyl (C=O) groups is 1. The Bertz CT molecular complexity index is 1020. The maximum Gasteiger partial charge on any atom is 0.433 e. The maximum atomic E-state index is 13.6. The number of unbranched alkanes of at least 4 members (excludes halogenated alkanes) is 1. The van der Waals surface area contributed by atoms with E-state index < -0.39 is 17.9 Å². The molecular formula is C24H32F3N5O2S. The van der Waals surface area contributed by atoms with Crippen LogP contribution in [0.25, 0.3) is 10.9 Å². The summed E-state index contributed by atoms with van der Waals surface area (Å²) in [6.07, 6.45) is -2.06. The first-order valence-electron chi connectivity index (χ1n) is 11.9. The average molecular weight is 512 g/mol. The number of nitrogens with two attached hydrogens (primary N) is 1. The number of methoxy groups -OCH3 is 1. The van der Waals surface area contributed by atoms with Gasteiger partial charge in [-0.15, -0.1) is 11.8 Å². The number of thioether (sulfide) groups is 1. The number of halogens is 3. The molecular weight excluding hydrogens is 479 g/mol. The molecule has 1 atom stereocenters. The molecule has 3 heterocycles. The smallest absolute Gasteiger partial charge is 0.433 e. The van der Waals surface area contributed by atoms with E-state index in [1.807, 2.05) is 9.80 Å². The van der Waals surface area contributed by atoms with Crippen LogP contribution in [0.2, 0.25) is 0 Å². The summed E-state index contributed by atoms with van der Waals surface area (Å²) in [6.45, 7) is 4.42. The van der Waals surface area contributed by atoms with Gasteiger partial charge in [0.15, 0.2) is 0 Å². The highest BCUT2D eigenvalue weighted by Gasteiger charge is 2.34. The standard InChI is InChI=1S/C24H32F3N5O2S/c1-34-20-7-4-5-17-19(15-21(24(25,26)27)29-22(17)20)31-11-9-30(10-12-31)8-3-2-6-18(28)23(33)32-13-14-35-16-32/h4-5,7,15,18H,2-3,6,8-14,16,28H2,1H3/t18-/m0/s1. The molecule has 1 amide bonds. The lowest BCUT2D eigenvalue weighted by molar-refractivity contribution is -0.141. The number of para-hydroxylation sites is 1. The van der Waals surface area contributed by atoms with Gasteiger partial charge in [0.2, 0.25) is 5.91 Å². The molecule has 2 aromatic rings. The van der Waals surface area contributed by atoms with Crippen LogP contribution in [0.1, 0.15) is 25.0 Å². The summed E-state index contributed by atoms with van der Waals surface area (Å²) < 4.78 is 46.0. The van der Waals surface area contributed by atoms with Crippen molar-refractivity contribution in [3.63, 3.8) is 0 Å². The number of hydrogen-bond donors (Lipinski definition) is 1. The Hall–Kier alpha value is -2.24. The summed E-state index contributed by atoms with van der Waals surface area (Å²) in [4.78, 5) is 22.3. The highest BCUT2D eigenvalue weighted by Crippen LogP contribution is 2.37. The van der Waals surface area contributed by atoms with Crippen LogP contribution in [0, 0.1) is 0 Å². The molecule has 2 N–H and O–H groups in total. The van der Waals surface area contributed by atoms with Gasteiger partial charge < -0.3 is 20.3 Å². The zero-order valence-corrected chi connectivity index (χ0v) is 20.7. The number of hydrogen-bond acceptors (Lipinski definition) is 7. The van der Waals surface area contributed by atoms with Crippen LogP contribution in [-0.4, -0.2) is 84.7 Å². The minimum absolute atomic E-state index is 0.0445. The second kappa shape index (κ2) is 11.2. The first kappa shape index (κ1) is 25.8. The molecule has 35 heavy (non-hydrogen) atoms. The Morgan fingerprint density at radius 3 is 2.63 bits per heavy atom. The zero-order chi connectivity index (χ0) is 25.0. The number of anilines is 1.